The smallest absolute Gasteiger partial charge is 0.271 e. The zero-order valence-electron chi connectivity index (χ0n) is 11.6. The Morgan fingerprint density at radius 3 is 2.86 bits per heavy atom. The van der Waals surface area contributed by atoms with Crippen LogP contribution in [0.25, 0.3) is 0 Å². The van der Waals surface area contributed by atoms with Gasteiger partial charge < -0.3 is 10.1 Å². The molecule has 2 rings (SSSR count). The van der Waals surface area contributed by atoms with E-state index in [1.54, 1.807) is 12.1 Å². The Kier molecular flexibility index (Phi) is 5.39. The molecule has 6 heteroatoms. The van der Waals surface area contributed by atoms with Crippen molar-refractivity contribution >= 4 is 27.3 Å². The highest BCUT2D eigenvalue weighted by atomic mass is 79.9. The fourth-order valence-electron chi connectivity index (χ4n) is 1.87. The Balaban J connectivity index is 2.14. The molecule has 1 N–H and O–H groups in total. The van der Waals surface area contributed by atoms with Gasteiger partial charge in [-0.1, -0.05) is 27.9 Å². The van der Waals surface area contributed by atoms with Crippen molar-refractivity contribution in [1.29, 1.82) is 0 Å². The number of terminal acetylenes is 1. The van der Waals surface area contributed by atoms with Crippen LogP contribution in [0, 0.1) is 22.5 Å². The lowest BCUT2D eigenvalue weighted by molar-refractivity contribution is -0.384. The summed E-state index contributed by atoms with van der Waals surface area (Å²) in [5.74, 6) is 3.10. The van der Waals surface area contributed by atoms with Crippen molar-refractivity contribution < 1.29 is 9.66 Å². The second kappa shape index (κ2) is 7.48. The maximum absolute atomic E-state index is 10.8. The summed E-state index contributed by atoms with van der Waals surface area (Å²) in [6, 6.07) is 11.9. The van der Waals surface area contributed by atoms with Crippen molar-refractivity contribution in [3.8, 4) is 18.1 Å². The number of nitro benzene ring substituents is 1. The molecule has 112 valence electrons. The van der Waals surface area contributed by atoms with Crippen molar-refractivity contribution in [3.05, 3.63) is 62.6 Å². The average Bonchev–Trinajstić information content (AvgIpc) is 2.52. The van der Waals surface area contributed by atoms with Crippen LogP contribution >= 0.6 is 15.9 Å². The minimum Gasteiger partial charge on any atom is -0.481 e. The molecule has 0 aromatic heterocycles. The molecule has 0 heterocycles. The van der Waals surface area contributed by atoms with E-state index in [-0.39, 0.29) is 12.3 Å². The Morgan fingerprint density at radius 2 is 2.14 bits per heavy atom. The Hall–Kier alpha value is -2.52. The quantitative estimate of drug-likeness (QED) is 0.480. The van der Waals surface area contributed by atoms with Crippen LogP contribution in [0.4, 0.5) is 11.4 Å². The van der Waals surface area contributed by atoms with Gasteiger partial charge in [0.2, 0.25) is 0 Å². The predicted molar refractivity (Wildman–Crippen MR) is 88.9 cm³/mol. The van der Waals surface area contributed by atoms with Crippen LogP contribution in [0.15, 0.2) is 46.9 Å². The first-order chi connectivity index (χ1) is 10.6. The van der Waals surface area contributed by atoms with Gasteiger partial charge in [0.25, 0.3) is 5.69 Å². The molecule has 0 fully saturated rings. The molecule has 0 saturated heterocycles. The summed E-state index contributed by atoms with van der Waals surface area (Å²) >= 11 is 3.41. The minimum absolute atomic E-state index is 0.0445. The third-order valence-corrected chi connectivity index (χ3v) is 3.37. The van der Waals surface area contributed by atoms with Gasteiger partial charge in [-0.2, -0.15) is 0 Å². The van der Waals surface area contributed by atoms with Crippen LogP contribution in [0.2, 0.25) is 0 Å². The van der Waals surface area contributed by atoms with Crippen LogP contribution in [-0.2, 0) is 6.54 Å². The molecule has 0 aliphatic heterocycles. The van der Waals surface area contributed by atoms with Crippen LogP contribution in [0.5, 0.6) is 5.75 Å². The highest BCUT2D eigenvalue weighted by molar-refractivity contribution is 9.10. The third-order valence-electron chi connectivity index (χ3n) is 2.87. The summed E-state index contributed by atoms with van der Waals surface area (Å²) in [4.78, 5) is 10.4. The Bertz CT molecular complexity index is 726. The van der Waals surface area contributed by atoms with Gasteiger partial charge in [0, 0.05) is 34.4 Å². The molecule has 2 aromatic carbocycles. The zero-order chi connectivity index (χ0) is 15.9. The van der Waals surface area contributed by atoms with Gasteiger partial charge in [-0.05, 0) is 24.3 Å². The third kappa shape index (κ3) is 4.24. The summed E-state index contributed by atoms with van der Waals surface area (Å²) in [5, 5.41) is 13.9. The molecule has 0 amide bonds. The van der Waals surface area contributed by atoms with Crippen molar-refractivity contribution in [2.24, 2.45) is 0 Å². The molecular formula is C16H13BrN2O3. The number of anilines is 1. The summed E-state index contributed by atoms with van der Waals surface area (Å²) in [6.45, 7) is 0.645. The molecule has 0 aliphatic rings. The minimum atomic E-state index is -0.425. The van der Waals surface area contributed by atoms with E-state index in [1.165, 1.54) is 12.1 Å². The normalized spacial score (nSPS) is 9.82. The van der Waals surface area contributed by atoms with Crippen molar-refractivity contribution in [1.82, 2.24) is 0 Å². The fourth-order valence-corrected chi connectivity index (χ4v) is 2.28. The summed E-state index contributed by atoms with van der Waals surface area (Å²) in [7, 11) is 0. The lowest BCUT2D eigenvalue weighted by Gasteiger charge is -2.12. The highest BCUT2D eigenvalue weighted by Crippen LogP contribution is 2.25. The van der Waals surface area contributed by atoms with E-state index in [0.29, 0.717) is 18.0 Å². The number of hydrogen-bond donors (Lipinski definition) is 1. The first-order valence-electron chi connectivity index (χ1n) is 6.43. The fraction of sp³-hybridized carbons (Fsp3) is 0.125. The van der Waals surface area contributed by atoms with Gasteiger partial charge in [0.1, 0.15) is 12.4 Å². The van der Waals surface area contributed by atoms with E-state index in [0.717, 1.165) is 10.0 Å². The maximum Gasteiger partial charge on any atom is 0.271 e. The molecule has 0 bridgehead atoms. The first-order valence-corrected chi connectivity index (χ1v) is 7.22. The lowest BCUT2D eigenvalue weighted by atomic mass is 10.2. The van der Waals surface area contributed by atoms with Crippen molar-refractivity contribution in [3.63, 3.8) is 0 Å². The Labute approximate surface area is 136 Å². The van der Waals surface area contributed by atoms with Crippen LogP contribution < -0.4 is 10.1 Å². The van der Waals surface area contributed by atoms with Crippen molar-refractivity contribution in [2.45, 2.75) is 6.54 Å². The number of halogens is 1. The number of benzene rings is 2. The molecule has 0 atom stereocenters. The molecule has 5 nitrogen and oxygen atoms in total. The van der Waals surface area contributed by atoms with E-state index in [1.807, 2.05) is 18.2 Å². The monoisotopic (exact) mass is 360 g/mol. The zero-order valence-corrected chi connectivity index (χ0v) is 13.2. The van der Waals surface area contributed by atoms with Gasteiger partial charge in [-0.15, -0.1) is 6.42 Å². The average molecular weight is 361 g/mol. The van der Waals surface area contributed by atoms with Gasteiger partial charge >= 0.3 is 0 Å². The van der Waals surface area contributed by atoms with E-state index < -0.39 is 4.92 Å². The summed E-state index contributed by atoms with van der Waals surface area (Å²) in [5.41, 5.74) is 1.61. The molecule has 0 unspecified atom stereocenters. The molecule has 0 radical (unpaired) electrons. The van der Waals surface area contributed by atoms with Crippen molar-refractivity contribution in [2.75, 3.05) is 11.9 Å². The second-order valence-corrected chi connectivity index (χ2v) is 5.32. The molecule has 0 saturated carbocycles. The van der Waals surface area contributed by atoms with E-state index in [2.05, 4.69) is 27.2 Å². The number of rotatable bonds is 6. The molecule has 2 aromatic rings. The number of nitro groups is 1. The van der Waals surface area contributed by atoms with E-state index in [4.69, 9.17) is 11.2 Å². The van der Waals surface area contributed by atoms with Gasteiger partial charge in [-0.3, -0.25) is 10.1 Å². The first kappa shape index (κ1) is 15.9. The molecular weight excluding hydrogens is 348 g/mol. The molecule has 22 heavy (non-hydrogen) atoms. The largest absolute Gasteiger partial charge is 0.481 e. The summed E-state index contributed by atoms with van der Waals surface area (Å²) in [6.07, 6.45) is 5.20. The van der Waals surface area contributed by atoms with Gasteiger partial charge in [-0.25, -0.2) is 0 Å². The maximum atomic E-state index is 10.8. The molecule has 0 aliphatic carbocycles. The van der Waals surface area contributed by atoms with Gasteiger partial charge in [0.15, 0.2) is 0 Å². The van der Waals surface area contributed by atoms with Crippen LogP contribution in [0.1, 0.15) is 5.56 Å². The SMILES string of the molecule is C#CCOc1ccc(Br)cc1CNc1cccc([N+](=O)[O-])c1. The summed E-state index contributed by atoms with van der Waals surface area (Å²) < 4.78 is 6.40. The second-order valence-electron chi connectivity index (χ2n) is 4.41. The lowest BCUT2D eigenvalue weighted by Crippen LogP contribution is -2.04. The van der Waals surface area contributed by atoms with Crippen LogP contribution in [-0.4, -0.2) is 11.5 Å². The molecule has 0 spiro atoms. The predicted octanol–water partition coefficient (Wildman–Crippen LogP) is 3.98. The van der Waals surface area contributed by atoms with Crippen LogP contribution in [0.3, 0.4) is 0 Å². The number of nitrogens with one attached hydrogen (secondary N) is 1. The highest BCUT2D eigenvalue weighted by Gasteiger charge is 2.07. The van der Waals surface area contributed by atoms with E-state index >= 15 is 0 Å². The van der Waals surface area contributed by atoms with E-state index in [9.17, 15) is 10.1 Å². The standard InChI is InChI=1S/C16H13BrN2O3/c1-2-8-22-16-7-6-13(17)9-12(16)11-18-14-4-3-5-15(10-14)19(20)21/h1,3-7,9-10,18H,8,11H2. The number of nitrogens with zero attached hydrogens (tertiary/aromatic N) is 1. The number of ether oxygens (including phenoxy) is 1. The Morgan fingerprint density at radius 1 is 1.32 bits per heavy atom. The topological polar surface area (TPSA) is 64.4 Å². The van der Waals surface area contributed by atoms with Gasteiger partial charge in [0.05, 0.1) is 4.92 Å². The number of hydrogen-bond acceptors (Lipinski definition) is 4. The number of non-ortho nitro benzene ring substituents is 1.